The molecule has 0 unspecified atom stereocenters. The number of nitrogens with one attached hydrogen (secondary N) is 2. The first-order valence-electron chi connectivity index (χ1n) is 5.78. The zero-order chi connectivity index (χ0) is 13.2. The quantitative estimate of drug-likeness (QED) is 0.526. The Bertz CT molecular complexity index is 517. The minimum Gasteiger partial charge on any atom is -0.367 e. The van der Waals surface area contributed by atoms with Crippen LogP contribution in [0.15, 0.2) is 6.07 Å². The van der Waals surface area contributed by atoms with Gasteiger partial charge in [0.1, 0.15) is 27.3 Å². The highest BCUT2D eigenvalue weighted by molar-refractivity contribution is 7.91. The van der Waals surface area contributed by atoms with Crippen LogP contribution in [-0.4, -0.2) is 35.9 Å². The first-order chi connectivity index (χ1) is 8.48. The predicted molar refractivity (Wildman–Crippen MR) is 69.9 cm³/mol. The maximum atomic E-state index is 11.3. The summed E-state index contributed by atoms with van der Waals surface area (Å²) in [5.41, 5.74) is 2.47. The first-order valence-corrected chi connectivity index (χ1v) is 7.60. The van der Waals surface area contributed by atoms with Crippen molar-refractivity contribution in [3.63, 3.8) is 0 Å². The standard InChI is InChI=1S/C10H17N5O2S/c1-7-12-9(6-10(13-7)15-11)14-8-2-4-18(16,17)5-3-8/h6,8H,2-5,11H2,1H3,(H2,12,13,14,15). The highest BCUT2D eigenvalue weighted by Crippen LogP contribution is 2.18. The summed E-state index contributed by atoms with van der Waals surface area (Å²) in [7, 11) is -2.83. The number of nitrogen functional groups attached to an aromatic ring is 1. The Kier molecular flexibility index (Phi) is 3.67. The van der Waals surface area contributed by atoms with E-state index in [1.807, 2.05) is 0 Å². The molecule has 0 atom stereocenters. The molecule has 100 valence electrons. The Morgan fingerprint density at radius 1 is 1.28 bits per heavy atom. The molecule has 0 aliphatic carbocycles. The van der Waals surface area contributed by atoms with Gasteiger partial charge in [0.25, 0.3) is 0 Å². The van der Waals surface area contributed by atoms with Crippen LogP contribution in [0.5, 0.6) is 0 Å². The molecule has 1 aliphatic heterocycles. The molecule has 4 N–H and O–H groups in total. The Labute approximate surface area is 106 Å². The molecular formula is C10H17N5O2S. The van der Waals surface area contributed by atoms with Crippen molar-refractivity contribution in [3.8, 4) is 0 Å². The van der Waals surface area contributed by atoms with Crippen LogP contribution in [-0.2, 0) is 9.84 Å². The number of rotatable bonds is 3. The van der Waals surface area contributed by atoms with E-state index in [9.17, 15) is 8.42 Å². The van der Waals surface area contributed by atoms with Gasteiger partial charge >= 0.3 is 0 Å². The molecule has 0 amide bonds. The third kappa shape index (κ3) is 3.30. The molecule has 0 spiro atoms. The average molecular weight is 271 g/mol. The molecule has 1 aromatic heterocycles. The number of aromatic nitrogens is 2. The average Bonchev–Trinajstić information content (AvgIpc) is 2.31. The molecular weight excluding hydrogens is 254 g/mol. The van der Waals surface area contributed by atoms with E-state index in [1.54, 1.807) is 13.0 Å². The fourth-order valence-corrected chi connectivity index (χ4v) is 3.45. The summed E-state index contributed by atoms with van der Waals surface area (Å²) >= 11 is 0. The topological polar surface area (TPSA) is 110 Å². The molecule has 2 heterocycles. The van der Waals surface area contributed by atoms with Gasteiger partial charge in [0.15, 0.2) is 0 Å². The Morgan fingerprint density at radius 3 is 2.50 bits per heavy atom. The zero-order valence-corrected chi connectivity index (χ0v) is 11.0. The highest BCUT2D eigenvalue weighted by atomic mass is 32.2. The maximum absolute atomic E-state index is 11.3. The van der Waals surface area contributed by atoms with Gasteiger partial charge in [-0.2, -0.15) is 0 Å². The number of hydrogen-bond acceptors (Lipinski definition) is 7. The normalized spacial score (nSPS) is 19.4. The maximum Gasteiger partial charge on any atom is 0.150 e. The molecule has 0 saturated carbocycles. The third-order valence-electron chi connectivity index (χ3n) is 2.89. The van der Waals surface area contributed by atoms with Crippen LogP contribution in [0, 0.1) is 6.92 Å². The van der Waals surface area contributed by atoms with Crippen molar-refractivity contribution in [2.24, 2.45) is 5.84 Å². The SMILES string of the molecule is Cc1nc(NN)cc(NC2CCS(=O)(=O)CC2)n1. The van der Waals surface area contributed by atoms with E-state index in [2.05, 4.69) is 20.7 Å². The third-order valence-corrected chi connectivity index (χ3v) is 4.61. The molecule has 1 saturated heterocycles. The van der Waals surface area contributed by atoms with Gasteiger partial charge in [-0.1, -0.05) is 0 Å². The first kappa shape index (κ1) is 13.0. The smallest absolute Gasteiger partial charge is 0.150 e. The van der Waals surface area contributed by atoms with Crippen LogP contribution < -0.4 is 16.6 Å². The van der Waals surface area contributed by atoms with Crippen molar-refractivity contribution in [2.45, 2.75) is 25.8 Å². The summed E-state index contributed by atoms with van der Waals surface area (Å²) in [5.74, 6) is 7.58. The van der Waals surface area contributed by atoms with E-state index < -0.39 is 9.84 Å². The highest BCUT2D eigenvalue weighted by Gasteiger charge is 2.23. The van der Waals surface area contributed by atoms with Crippen LogP contribution in [0.2, 0.25) is 0 Å². The molecule has 2 rings (SSSR count). The van der Waals surface area contributed by atoms with Gasteiger partial charge in [-0.15, -0.1) is 0 Å². The summed E-state index contributed by atoms with van der Waals surface area (Å²) < 4.78 is 22.6. The molecule has 0 aromatic carbocycles. The van der Waals surface area contributed by atoms with Crippen molar-refractivity contribution in [1.29, 1.82) is 0 Å². The van der Waals surface area contributed by atoms with Crippen LogP contribution in [0.3, 0.4) is 0 Å². The molecule has 18 heavy (non-hydrogen) atoms. The monoisotopic (exact) mass is 271 g/mol. The minimum atomic E-state index is -2.83. The van der Waals surface area contributed by atoms with Crippen molar-refractivity contribution in [1.82, 2.24) is 9.97 Å². The molecule has 1 fully saturated rings. The molecule has 1 aromatic rings. The number of hydrogen-bond donors (Lipinski definition) is 3. The second-order valence-electron chi connectivity index (χ2n) is 4.40. The number of aryl methyl sites for hydroxylation is 1. The molecule has 0 radical (unpaired) electrons. The largest absolute Gasteiger partial charge is 0.367 e. The lowest BCUT2D eigenvalue weighted by Crippen LogP contribution is -2.32. The van der Waals surface area contributed by atoms with Gasteiger partial charge in [0.05, 0.1) is 11.5 Å². The van der Waals surface area contributed by atoms with Gasteiger partial charge < -0.3 is 10.7 Å². The van der Waals surface area contributed by atoms with Gasteiger partial charge in [0, 0.05) is 12.1 Å². The molecule has 1 aliphatic rings. The molecule has 0 bridgehead atoms. The Balaban J connectivity index is 2.04. The molecule has 7 nitrogen and oxygen atoms in total. The summed E-state index contributed by atoms with van der Waals surface area (Å²) in [6, 6.07) is 1.84. The number of nitrogens with zero attached hydrogens (tertiary/aromatic N) is 2. The van der Waals surface area contributed by atoms with Gasteiger partial charge in [0.2, 0.25) is 0 Å². The van der Waals surface area contributed by atoms with Crippen molar-refractivity contribution in [2.75, 3.05) is 22.2 Å². The lowest BCUT2D eigenvalue weighted by atomic mass is 10.1. The summed E-state index contributed by atoms with van der Waals surface area (Å²) in [5, 5.41) is 3.22. The van der Waals surface area contributed by atoms with Gasteiger partial charge in [-0.05, 0) is 19.8 Å². The lowest BCUT2D eigenvalue weighted by Gasteiger charge is -2.23. The van der Waals surface area contributed by atoms with E-state index in [0.717, 1.165) is 0 Å². The number of nitrogens with two attached hydrogens (primary N) is 1. The second-order valence-corrected chi connectivity index (χ2v) is 6.70. The van der Waals surface area contributed by atoms with E-state index >= 15 is 0 Å². The van der Waals surface area contributed by atoms with E-state index in [4.69, 9.17) is 5.84 Å². The van der Waals surface area contributed by atoms with Crippen LogP contribution in [0.25, 0.3) is 0 Å². The van der Waals surface area contributed by atoms with Crippen LogP contribution >= 0.6 is 0 Å². The zero-order valence-electron chi connectivity index (χ0n) is 10.2. The predicted octanol–water partition coefficient (Wildman–Crippen LogP) is 0.0597. The molecule has 8 heteroatoms. The fourth-order valence-electron chi connectivity index (χ4n) is 1.96. The van der Waals surface area contributed by atoms with E-state index in [1.165, 1.54) is 0 Å². The summed E-state index contributed by atoms with van der Waals surface area (Å²) in [6.45, 7) is 1.78. The fraction of sp³-hybridized carbons (Fsp3) is 0.600. The van der Waals surface area contributed by atoms with Gasteiger partial charge in [-0.3, -0.25) is 0 Å². The number of hydrazine groups is 1. The van der Waals surface area contributed by atoms with E-state index in [-0.39, 0.29) is 17.5 Å². The minimum absolute atomic E-state index is 0.133. The lowest BCUT2D eigenvalue weighted by molar-refractivity contribution is 0.559. The van der Waals surface area contributed by atoms with Crippen molar-refractivity contribution >= 4 is 21.5 Å². The number of sulfone groups is 1. The van der Waals surface area contributed by atoms with Crippen LogP contribution in [0.4, 0.5) is 11.6 Å². The van der Waals surface area contributed by atoms with Crippen LogP contribution in [0.1, 0.15) is 18.7 Å². The summed E-state index contributed by atoms with van der Waals surface area (Å²) in [4.78, 5) is 8.33. The van der Waals surface area contributed by atoms with E-state index in [0.29, 0.717) is 30.3 Å². The Morgan fingerprint density at radius 2 is 1.89 bits per heavy atom. The Hall–Kier alpha value is -1.41. The van der Waals surface area contributed by atoms with Crippen molar-refractivity contribution < 1.29 is 8.42 Å². The van der Waals surface area contributed by atoms with Crippen molar-refractivity contribution in [3.05, 3.63) is 11.9 Å². The summed E-state index contributed by atoms with van der Waals surface area (Å²) in [6.07, 6.45) is 1.22. The number of anilines is 2. The second kappa shape index (κ2) is 5.07. The van der Waals surface area contributed by atoms with Gasteiger partial charge in [-0.25, -0.2) is 24.2 Å².